The SMILES string of the molecule is Cn1nnc(CN2CCNC(C3CC3)C2)n1. The highest BCUT2D eigenvalue weighted by molar-refractivity contribution is 4.92. The highest BCUT2D eigenvalue weighted by atomic mass is 15.6. The number of aromatic nitrogens is 4. The van der Waals surface area contributed by atoms with Crippen LogP contribution in [0, 0.1) is 5.92 Å². The predicted octanol–water partition coefficient (Wildman–Crippen LogP) is -0.606. The van der Waals surface area contributed by atoms with Gasteiger partial charge in [-0.25, -0.2) is 0 Å². The number of nitrogens with zero attached hydrogens (tertiary/aromatic N) is 5. The number of hydrogen-bond acceptors (Lipinski definition) is 5. The van der Waals surface area contributed by atoms with E-state index in [9.17, 15) is 0 Å². The molecule has 1 saturated carbocycles. The maximum atomic E-state index is 4.22. The molecule has 1 saturated heterocycles. The lowest BCUT2D eigenvalue weighted by molar-refractivity contribution is 0.178. The minimum atomic E-state index is 0.686. The Morgan fingerprint density at radius 2 is 2.31 bits per heavy atom. The van der Waals surface area contributed by atoms with Gasteiger partial charge < -0.3 is 5.32 Å². The Labute approximate surface area is 95.0 Å². The fourth-order valence-corrected chi connectivity index (χ4v) is 2.39. The monoisotopic (exact) mass is 222 g/mol. The number of piperazine rings is 1. The van der Waals surface area contributed by atoms with Gasteiger partial charge in [0.15, 0.2) is 5.82 Å². The molecule has 88 valence electrons. The van der Waals surface area contributed by atoms with Crippen LogP contribution < -0.4 is 5.32 Å². The van der Waals surface area contributed by atoms with Crippen LogP contribution in [0.4, 0.5) is 0 Å². The van der Waals surface area contributed by atoms with Gasteiger partial charge in [0.05, 0.1) is 13.6 Å². The molecule has 1 N–H and O–H groups in total. The Balaban J connectivity index is 1.57. The van der Waals surface area contributed by atoms with Crippen molar-refractivity contribution < 1.29 is 0 Å². The van der Waals surface area contributed by atoms with Crippen LogP contribution in [0.2, 0.25) is 0 Å². The fraction of sp³-hybridized carbons (Fsp3) is 0.900. The second-order valence-corrected chi connectivity index (χ2v) is 4.83. The summed E-state index contributed by atoms with van der Waals surface area (Å²) in [7, 11) is 1.81. The molecule has 2 heterocycles. The van der Waals surface area contributed by atoms with E-state index in [0.29, 0.717) is 6.04 Å². The first-order valence-corrected chi connectivity index (χ1v) is 6.00. The van der Waals surface area contributed by atoms with Gasteiger partial charge >= 0.3 is 0 Å². The number of aryl methyl sites for hydroxylation is 1. The predicted molar refractivity (Wildman–Crippen MR) is 58.6 cm³/mol. The average Bonchev–Trinajstić information content (AvgIpc) is 3.05. The van der Waals surface area contributed by atoms with E-state index >= 15 is 0 Å². The molecule has 0 spiro atoms. The molecule has 1 aliphatic heterocycles. The molecule has 0 bridgehead atoms. The summed E-state index contributed by atoms with van der Waals surface area (Å²) in [6.45, 7) is 4.13. The van der Waals surface area contributed by atoms with Crippen LogP contribution in [0.5, 0.6) is 0 Å². The second-order valence-electron chi connectivity index (χ2n) is 4.83. The third kappa shape index (κ3) is 2.22. The molecular weight excluding hydrogens is 204 g/mol. The maximum Gasteiger partial charge on any atom is 0.188 e. The van der Waals surface area contributed by atoms with Gasteiger partial charge in [-0.15, -0.1) is 10.2 Å². The van der Waals surface area contributed by atoms with Gasteiger partial charge in [0.1, 0.15) is 0 Å². The topological polar surface area (TPSA) is 58.9 Å². The smallest absolute Gasteiger partial charge is 0.188 e. The summed E-state index contributed by atoms with van der Waals surface area (Å²) < 4.78 is 0. The second kappa shape index (κ2) is 4.10. The number of rotatable bonds is 3. The molecule has 0 amide bonds. The summed E-state index contributed by atoms with van der Waals surface area (Å²) in [5, 5.41) is 15.7. The lowest BCUT2D eigenvalue weighted by Gasteiger charge is -2.33. The van der Waals surface area contributed by atoms with Gasteiger partial charge in [-0.3, -0.25) is 4.90 Å². The van der Waals surface area contributed by atoms with Crippen molar-refractivity contribution in [3.63, 3.8) is 0 Å². The van der Waals surface area contributed by atoms with Crippen molar-refractivity contribution in [3.05, 3.63) is 5.82 Å². The van der Waals surface area contributed by atoms with Crippen LogP contribution in [-0.2, 0) is 13.6 Å². The van der Waals surface area contributed by atoms with Crippen LogP contribution in [-0.4, -0.2) is 50.8 Å². The van der Waals surface area contributed by atoms with Gasteiger partial charge in [-0.05, 0) is 24.0 Å². The first-order valence-electron chi connectivity index (χ1n) is 6.00. The Morgan fingerprint density at radius 1 is 1.44 bits per heavy atom. The lowest BCUT2D eigenvalue weighted by Crippen LogP contribution is -2.51. The minimum absolute atomic E-state index is 0.686. The third-order valence-corrected chi connectivity index (χ3v) is 3.40. The molecule has 16 heavy (non-hydrogen) atoms. The van der Waals surface area contributed by atoms with Crippen molar-refractivity contribution in [1.82, 2.24) is 30.4 Å². The van der Waals surface area contributed by atoms with Crippen molar-refractivity contribution in [2.45, 2.75) is 25.4 Å². The van der Waals surface area contributed by atoms with Crippen molar-refractivity contribution in [3.8, 4) is 0 Å². The summed E-state index contributed by atoms with van der Waals surface area (Å²) in [4.78, 5) is 3.95. The maximum absolute atomic E-state index is 4.22. The Bertz CT molecular complexity index is 358. The van der Waals surface area contributed by atoms with Gasteiger partial charge in [-0.2, -0.15) is 4.80 Å². The largest absolute Gasteiger partial charge is 0.311 e. The van der Waals surface area contributed by atoms with Crippen molar-refractivity contribution >= 4 is 0 Å². The molecule has 1 aliphatic carbocycles. The highest BCUT2D eigenvalue weighted by Crippen LogP contribution is 2.33. The molecule has 6 heteroatoms. The average molecular weight is 222 g/mol. The summed E-state index contributed by atoms with van der Waals surface area (Å²) in [6, 6.07) is 0.686. The van der Waals surface area contributed by atoms with Crippen LogP contribution in [0.1, 0.15) is 18.7 Å². The van der Waals surface area contributed by atoms with E-state index in [4.69, 9.17) is 0 Å². The molecule has 1 aromatic rings. The molecule has 6 nitrogen and oxygen atoms in total. The normalized spacial score (nSPS) is 27.2. The van der Waals surface area contributed by atoms with Crippen LogP contribution in [0.25, 0.3) is 0 Å². The van der Waals surface area contributed by atoms with E-state index < -0.39 is 0 Å². The molecular formula is C10H18N6. The van der Waals surface area contributed by atoms with Crippen LogP contribution in [0.15, 0.2) is 0 Å². The Hall–Kier alpha value is -1.01. The Kier molecular flexibility index (Phi) is 2.61. The summed E-state index contributed by atoms with van der Waals surface area (Å²) in [6.07, 6.45) is 2.80. The van der Waals surface area contributed by atoms with Gasteiger partial charge in [0, 0.05) is 25.7 Å². The van der Waals surface area contributed by atoms with Crippen LogP contribution >= 0.6 is 0 Å². The van der Waals surface area contributed by atoms with E-state index in [2.05, 4.69) is 25.6 Å². The third-order valence-electron chi connectivity index (χ3n) is 3.40. The standard InChI is InChI=1S/C10H18N6/c1-15-13-10(12-14-15)7-16-5-4-11-9(6-16)8-2-3-8/h8-9,11H,2-7H2,1H3. The number of hydrogen-bond donors (Lipinski definition) is 1. The molecule has 1 unspecified atom stereocenters. The summed E-state index contributed by atoms with van der Waals surface area (Å²) in [5.41, 5.74) is 0. The van der Waals surface area contributed by atoms with Crippen molar-refractivity contribution in [2.24, 2.45) is 13.0 Å². The molecule has 0 radical (unpaired) electrons. The van der Waals surface area contributed by atoms with E-state index in [1.165, 1.54) is 17.6 Å². The van der Waals surface area contributed by atoms with E-state index in [-0.39, 0.29) is 0 Å². The Morgan fingerprint density at radius 3 is 3.00 bits per heavy atom. The van der Waals surface area contributed by atoms with E-state index in [1.54, 1.807) is 7.05 Å². The number of tetrazole rings is 1. The molecule has 1 atom stereocenters. The van der Waals surface area contributed by atoms with Gasteiger partial charge in [0.25, 0.3) is 0 Å². The van der Waals surface area contributed by atoms with Crippen molar-refractivity contribution in [1.29, 1.82) is 0 Å². The lowest BCUT2D eigenvalue weighted by atomic mass is 10.1. The van der Waals surface area contributed by atoms with Gasteiger partial charge in [-0.1, -0.05) is 0 Å². The van der Waals surface area contributed by atoms with Gasteiger partial charge in [0.2, 0.25) is 0 Å². The first kappa shape index (κ1) is 10.2. The van der Waals surface area contributed by atoms with Crippen LogP contribution in [0.3, 0.4) is 0 Å². The quantitative estimate of drug-likeness (QED) is 0.739. The zero-order valence-corrected chi connectivity index (χ0v) is 9.63. The minimum Gasteiger partial charge on any atom is -0.311 e. The summed E-state index contributed by atoms with van der Waals surface area (Å²) >= 11 is 0. The zero-order valence-electron chi connectivity index (χ0n) is 9.63. The molecule has 1 aromatic heterocycles. The van der Waals surface area contributed by atoms with E-state index in [0.717, 1.165) is 37.9 Å². The molecule has 3 rings (SSSR count). The molecule has 2 fully saturated rings. The molecule has 2 aliphatic rings. The summed E-state index contributed by atoms with van der Waals surface area (Å²) in [5.74, 6) is 1.75. The van der Waals surface area contributed by atoms with E-state index in [1.807, 2.05) is 0 Å². The zero-order chi connectivity index (χ0) is 11.0. The first-order chi connectivity index (χ1) is 7.81. The van der Waals surface area contributed by atoms with Crippen molar-refractivity contribution in [2.75, 3.05) is 19.6 Å². The number of nitrogens with one attached hydrogen (secondary N) is 1. The molecule has 0 aromatic carbocycles. The highest BCUT2D eigenvalue weighted by Gasteiger charge is 2.34. The fourth-order valence-electron chi connectivity index (χ4n) is 2.39.